The normalized spacial score (nSPS) is 10.2. The minimum absolute atomic E-state index is 0.0262. The van der Waals surface area contributed by atoms with Crippen molar-refractivity contribution < 1.29 is 18.8 Å². The maximum atomic E-state index is 11.8. The zero-order valence-corrected chi connectivity index (χ0v) is 10.7. The van der Waals surface area contributed by atoms with Gasteiger partial charge >= 0.3 is 5.97 Å². The van der Waals surface area contributed by atoms with Crippen molar-refractivity contribution in [3.63, 3.8) is 0 Å². The molecule has 0 atom stereocenters. The van der Waals surface area contributed by atoms with Crippen LogP contribution in [0.3, 0.4) is 0 Å². The molecule has 0 aliphatic heterocycles. The molecule has 19 heavy (non-hydrogen) atoms. The molecule has 0 spiro atoms. The lowest BCUT2D eigenvalue weighted by atomic mass is 10.0. The van der Waals surface area contributed by atoms with E-state index in [9.17, 15) is 9.59 Å². The molecule has 0 fully saturated rings. The second-order valence-corrected chi connectivity index (χ2v) is 3.88. The van der Waals surface area contributed by atoms with Gasteiger partial charge in [-0.2, -0.15) is 0 Å². The number of ether oxygens (including phenoxy) is 1. The number of carbonyl (C=O) groups excluding carboxylic acids is 2. The molecule has 0 bridgehead atoms. The Morgan fingerprint density at radius 3 is 2.53 bits per heavy atom. The van der Waals surface area contributed by atoms with Gasteiger partial charge in [0.05, 0.1) is 12.2 Å². The van der Waals surface area contributed by atoms with Crippen molar-refractivity contribution in [3.05, 3.63) is 41.8 Å². The van der Waals surface area contributed by atoms with E-state index in [4.69, 9.17) is 9.26 Å². The summed E-state index contributed by atoms with van der Waals surface area (Å²) in [7, 11) is 0. The van der Waals surface area contributed by atoms with Crippen LogP contribution >= 0.6 is 0 Å². The van der Waals surface area contributed by atoms with Crippen LogP contribution < -0.4 is 0 Å². The maximum absolute atomic E-state index is 11.8. The number of ketones is 1. The summed E-state index contributed by atoms with van der Waals surface area (Å²) in [5.74, 6) is -0.825. The van der Waals surface area contributed by atoms with Gasteiger partial charge in [0.15, 0.2) is 11.5 Å². The van der Waals surface area contributed by atoms with E-state index in [0.29, 0.717) is 11.1 Å². The second-order valence-electron chi connectivity index (χ2n) is 3.88. The molecular formula is C14H13NO4. The van der Waals surface area contributed by atoms with E-state index in [0.717, 1.165) is 0 Å². The summed E-state index contributed by atoms with van der Waals surface area (Å²) in [6.07, 6.45) is 0. The molecule has 1 heterocycles. The third-order valence-electron chi connectivity index (χ3n) is 2.54. The Kier molecular flexibility index (Phi) is 3.75. The zero-order valence-electron chi connectivity index (χ0n) is 10.7. The molecule has 98 valence electrons. The van der Waals surface area contributed by atoms with Gasteiger partial charge in [-0.05, 0) is 12.5 Å². The third kappa shape index (κ3) is 2.54. The molecule has 2 aromatic rings. The summed E-state index contributed by atoms with van der Waals surface area (Å²) >= 11 is 0. The fraction of sp³-hybridized carbons (Fsp3) is 0.214. The number of benzene rings is 1. The van der Waals surface area contributed by atoms with Gasteiger partial charge < -0.3 is 9.26 Å². The van der Waals surface area contributed by atoms with Gasteiger partial charge in [-0.25, -0.2) is 4.79 Å². The number of rotatable bonds is 4. The highest BCUT2D eigenvalue weighted by atomic mass is 16.5. The van der Waals surface area contributed by atoms with Gasteiger partial charge in [-0.3, -0.25) is 4.79 Å². The summed E-state index contributed by atoms with van der Waals surface area (Å²) in [6.45, 7) is 3.29. The number of carbonyl (C=O) groups is 2. The Morgan fingerprint density at radius 2 is 1.95 bits per heavy atom. The largest absolute Gasteiger partial charge is 0.461 e. The molecule has 0 radical (unpaired) electrons. The first kappa shape index (κ1) is 13.0. The van der Waals surface area contributed by atoms with Gasteiger partial charge in [0.2, 0.25) is 5.76 Å². The molecule has 1 aromatic heterocycles. The van der Waals surface area contributed by atoms with Crippen LogP contribution in [0.1, 0.15) is 34.9 Å². The molecule has 0 saturated carbocycles. The van der Waals surface area contributed by atoms with Gasteiger partial charge in [-0.1, -0.05) is 35.5 Å². The Hall–Kier alpha value is -2.43. The van der Waals surface area contributed by atoms with E-state index < -0.39 is 5.97 Å². The minimum Gasteiger partial charge on any atom is -0.461 e. The van der Waals surface area contributed by atoms with Crippen molar-refractivity contribution in [2.45, 2.75) is 13.8 Å². The SMILES string of the molecule is CCOC(=O)c1noc(C(C)=O)c1-c1ccccc1. The highest BCUT2D eigenvalue weighted by Gasteiger charge is 2.26. The van der Waals surface area contributed by atoms with Crippen LogP contribution in [0.25, 0.3) is 11.1 Å². The second kappa shape index (κ2) is 5.48. The molecular weight excluding hydrogens is 246 g/mol. The van der Waals surface area contributed by atoms with Gasteiger partial charge in [0, 0.05) is 6.92 Å². The summed E-state index contributed by atoms with van der Waals surface area (Å²) < 4.78 is 9.89. The van der Waals surface area contributed by atoms with Crippen LogP contribution in [-0.4, -0.2) is 23.5 Å². The van der Waals surface area contributed by atoms with Crippen LogP contribution in [0.2, 0.25) is 0 Å². The van der Waals surface area contributed by atoms with E-state index in [1.807, 2.05) is 6.07 Å². The molecule has 0 N–H and O–H groups in total. The van der Waals surface area contributed by atoms with E-state index in [1.165, 1.54) is 6.92 Å². The fourth-order valence-electron chi connectivity index (χ4n) is 1.74. The molecule has 5 nitrogen and oxygen atoms in total. The quantitative estimate of drug-likeness (QED) is 0.623. The Morgan fingerprint density at radius 1 is 1.26 bits per heavy atom. The van der Waals surface area contributed by atoms with Gasteiger partial charge in [0.25, 0.3) is 0 Å². The molecule has 0 aliphatic carbocycles. The number of Topliss-reactive ketones (excluding diaryl/α,β-unsaturated/α-hetero) is 1. The summed E-state index contributed by atoms with van der Waals surface area (Å²) in [5, 5.41) is 3.66. The first-order chi connectivity index (χ1) is 9.15. The maximum Gasteiger partial charge on any atom is 0.361 e. The van der Waals surface area contributed by atoms with Gasteiger partial charge in [0.1, 0.15) is 0 Å². The number of esters is 1. The third-order valence-corrected chi connectivity index (χ3v) is 2.54. The van der Waals surface area contributed by atoms with Crippen molar-refractivity contribution in [1.29, 1.82) is 0 Å². The van der Waals surface area contributed by atoms with E-state index in [2.05, 4.69) is 5.16 Å². The lowest BCUT2D eigenvalue weighted by Crippen LogP contribution is -2.07. The highest BCUT2D eigenvalue weighted by molar-refractivity contribution is 6.04. The van der Waals surface area contributed by atoms with Gasteiger partial charge in [-0.15, -0.1) is 0 Å². The number of nitrogens with zero attached hydrogens (tertiary/aromatic N) is 1. The molecule has 1 aromatic carbocycles. The molecule has 0 saturated heterocycles. The predicted octanol–water partition coefficient (Wildman–Crippen LogP) is 2.72. The molecule has 0 aliphatic rings. The van der Waals surface area contributed by atoms with Crippen molar-refractivity contribution in [3.8, 4) is 11.1 Å². The van der Waals surface area contributed by atoms with E-state index >= 15 is 0 Å². The Balaban J connectivity index is 2.58. The van der Waals surface area contributed by atoms with Crippen LogP contribution in [0.4, 0.5) is 0 Å². The van der Waals surface area contributed by atoms with Crippen LogP contribution in [-0.2, 0) is 4.74 Å². The van der Waals surface area contributed by atoms with Crippen molar-refractivity contribution in [2.75, 3.05) is 6.61 Å². The van der Waals surface area contributed by atoms with Crippen molar-refractivity contribution in [1.82, 2.24) is 5.16 Å². The number of hydrogen-bond acceptors (Lipinski definition) is 5. The first-order valence-corrected chi connectivity index (χ1v) is 5.88. The van der Waals surface area contributed by atoms with E-state index in [1.54, 1.807) is 31.2 Å². The molecule has 0 amide bonds. The first-order valence-electron chi connectivity index (χ1n) is 5.88. The molecule has 2 rings (SSSR count). The predicted molar refractivity (Wildman–Crippen MR) is 67.9 cm³/mol. The van der Waals surface area contributed by atoms with Crippen LogP contribution in [0, 0.1) is 0 Å². The topological polar surface area (TPSA) is 69.4 Å². The zero-order chi connectivity index (χ0) is 13.8. The lowest BCUT2D eigenvalue weighted by molar-refractivity contribution is 0.0515. The smallest absolute Gasteiger partial charge is 0.361 e. The Bertz CT molecular complexity index is 601. The number of aromatic nitrogens is 1. The van der Waals surface area contributed by atoms with Crippen molar-refractivity contribution in [2.24, 2.45) is 0 Å². The molecule has 0 unspecified atom stereocenters. The average molecular weight is 259 g/mol. The van der Waals surface area contributed by atoms with Crippen LogP contribution in [0.5, 0.6) is 0 Å². The number of hydrogen-bond donors (Lipinski definition) is 0. The molecule has 5 heteroatoms. The Labute approximate surface area is 110 Å². The average Bonchev–Trinajstić information content (AvgIpc) is 2.85. The summed E-state index contributed by atoms with van der Waals surface area (Å²) in [4.78, 5) is 23.4. The standard InChI is InChI=1S/C14H13NO4/c1-3-18-14(17)12-11(10-7-5-4-6-8-10)13(9(2)16)19-15-12/h4-8H,3H2,1-2H3. The monoisotopic (exact) mass is 259 g/mol. The summed E-state index contributed by atoms with van der Waals surface area (Å²) in [5.41, 5.74) is 1.10. The fourth-order valence-corrected chi connectivity index (χ4v) is 1.74. The minimum atomic E-state index is -0.599. The van der Waals surface area contributed by atoms with Crippen molar-refractivity contribution >= 4 is 11.8 Å². The van der Waals surface area contributed by atoms with Crippen LogP contribution in [0.15, 0.2) is 34.9 Å². The van der Waals surface area contributed by atoms with E-state index in [-0.39, 0.29) is 23.8 Å². The highest BCUT2D eigenvalue weighted by Crippen LogP contribution is 2.28. The summed E-state index contributed by atoms with van der Waals surface area (Å²) in [6, 6.07) is 9.01. The lowest BCUT2D eigenvalue weighted by Gasteiger charge is -2.02.